The summed E-state index contributed by atoms with van der Waals surface area (Å²) in [6.45, 7) is 0.541. The minimum absolute atomic E-state index is 0.220. The van der Waals surface area contributed by atoms with Crippen molar-refractivity contribution in [2.45, 2.75) is 6.42 Å². The van der Waals surface area contributed by atoms with E-state index in [1.54, 1.807) is 0 Å². The quantitative estimate of drug-likeness (QED) is 0.590. The summed E-state index contributed by atoms with van der Waals surface area (Å²) in [5.74, 6) is -0.220. The summed E-state index contributed by atoms with van der Waals surface area (Å²) >= 11 is 0. The van der Waals surface area contributed by atoms with Crippen LogP contribution >= 0.6 is 0 Å². The molecule has 0 fully saturated rings. The molecule has 0 saturated heterocycles. The molecular weight excluding hydrogens is 314 g/mol. The lowest BCUT2D eigenvalue weighted by Gasteiger charge is -2.02. The average molecular weight is 331 g/mol. The normalized spacial score (nSPS) is 10.9. The molecule has 2 aromatic carbocycles. The van der Waals surface area contributed by atoms with Crippen LogP contribution in [0.25, 0.3) is 16.6 Å². The highest BCUT2D eigenvalue weighted by Crippen LogP contribution is 2.17. The van der Waals surface area contributed by atoms with Crippen LogP contribution in [0.2, 0.25) is 0 Å². The lowest BCUT2D eigenvalue weighted by molar-refractivity contribution is 0.0948. The topological polar surface area (TPSA) is 75.6 Å². The first kappa shape index (κ1) is 15.1. The number of carbonyl (C=O) groups excluding carboxylic acids is 1. The third-order valence-corrected chi connectivity index (χ3v) is 4.07. The molecule has 0 aliphatic heterocycles. The van der Waals surface area contributed by atoms with Crippen molar-refractivity contribution < 1.29 is 4.79 Å². The van der Waals surface area contributed by atoms with Crippen LogP contribution in [0.5, 0.6) is 0 Å². The molecule has 0 radical (unpaired) electrons. The Labute approximate surface area is 144 Å². The largest absolute Gasteiger partial charge is 0.361 e. The zero-order chi connectivity index (χ0) is 17.1. The van der Waals surface area contributed by atoms with E-state index < -0.39 is 0 Å². The van der Waals surface area contributed by atoms with Crippen molar-refractivity contribution in [1.29, 1.82) is 0 Å². The van der Waals surface area contributed by atoms with Gasteiger partial charge in [-0.05, 0) is 30.2 Å². The second-order valence-corrected chi connectivity index (χ2v) is 5.72. The Bertz CT molecular complexity index is 1000. The number of para-hydroxylation sites is 2. The van der Waals surface area contributed by atoms with Crippen molar-refractivity contribution in [3.05, 3.63) is 78.2 Å². The third-order valence-electron chi connectivity index (χ3n) is 4.07. The van der Waals surface area contributed by atoms with Gasteiger partial charge in [-0.3, -0.25) is 4.79 Å². The smallest absolute Gasteiger partial charge is 0.273 e. The van der Waals surface area contributed by atoms with E-state index in [1.165, 1.54) is 21.9 Å². The van der Waals surface area contributed by atoms with Gasteiger partial charge in [0.2, 0.25) is 0 Å². The molecule has 0 bridgehead atoms. The second-order valence-electron chi connectivity index (χ2n) is 5.72. The van der Waals surface area contributed by atoms with Crippen molar-refractivity contribution in [2.24, 2.45) is 0 Å². The highest BCUT2D eigenvalue weighted by Gasteiger charge is 2.11. The number of rotatable bonds is 5. The average Bonchev–Trinajstić information content (AvgIpc) is 3.30. The lowest BCUT2D eigenvalue weighted by atomic mass is 10.1. The second kappa shape index (κ2) is 6.60. The number of hydrogen-bond acceptors (Lipinski definition) is 3. The molecular formula is C19H17N5O. The monoisotopic (exact) mass is 331 g/mol. The number of H-pyrrole nitrogens is 1. The number of amides is 1. The summed E-state index contributed by atoms with van der Waals surface area (Å²) in [7, 11) is 0. The Balaban J connectivity index is 1.39. The van der Waals surface area contributed by atoms with Gasteiger partial charge in [-0.25, -0.2) is 0 Å². The van der Waals surface area contributed by atoms with Gasteiger partial charge in [-0.2, -0.15) is 9.90 Å². The van der Waals surface area contributed by atoms with Gasteiger partial charge in [0.05, 0.1) is 11.9 Å². The summed E-state index contributed by atoms with van der Waals surface area (Å²) in [4.78, 5) is 16.9. The Hall–Kier alpha value is -3.41. The van der Waals surface area contributed by atoms with Crippen molar-refractivity contribution in [2.75, 3.05) is 6.54 Å². The van der Waals surface area contributed by atoms with Gasteiger partial charge in [0.25, 0.3) is 5.91 Å². The molecule has 2 aromatic heterocycles. The van der Waals surface area contributed by atoms with Gasteiger partial charge in [0.1, 0.15) is 0 Å². The van der Waals surface area contributed by atoms with E-state index in [4.69, 9.17) is 0 Å². The first-order valence-electron chi connectivity index (χ1n) is 8.12. The van der Waals surface area contributed by atoms with Gasteiger partial charge < -0.3 is 10.3 Å². The molecule has 0 spiro atoms. The van der Waals surface area contributed by atoms with Crippen LogP contribution in [0.4, 0.5) is 0 Å². The fourth-order valence-electron chi connectivity index (χ4n) is 2.79. The zero-order valence-electron chi connectivity index (χ0n) is 13.5. The number of aromatic nitrogens is 4. The van der Waals surface area contributed by atoms with Crippen LogP contribution in [0.3, 0.4) is 0 Å². The maximum absolute atomic E-state index is 12.2. The number of carbonyl (C=O) groups is 1. The summed E-state index contributed by atoms with van der Waals surface area (Å²) in [5.41, 5.74) is 3.42. The van der Waals surface area contributed by atoms with Crippen LogP contribution in [-0.2, 0) is 6.42 Å². The minimum atomic E-state index is -0.220. The molecule has 6 heteroatoms. The fourth-order valence-corrected chi connectivity index (χ4v) is 2.79. The number of fused-ring (bicyclic) bond motifs is 1. The highest BCUT2D eigenvalue weighted by atomic mass is 16.2. The predicted octanol–water partition coefficient (Wildman–Crippen LogP) is 2.72. The van der Waals surface area contributed by atoms with Crippen LogP contribution in [0.15, 0.2) is 67.0 Å². The molecule has 0 aliphatic carbocycles. The van der Waals surface area contributed by atoms with Gasteiger partial charge in [-0.1, -0.05) is 36.4 Å². The lowest BCUT2D eigenvalue weighted by Crippen LogP contribution is -2.26. The molecule has 1 amide bonds. The minimum Gasteiger partial charge on any atom is -0.361 e. The van der Waals surface area contributed by atoms with Crippen LogP contribution < -0.4 is 5.32 Å². The molecule has 2 N–H and O–H groups in total. The van der Waals surface area contributed by atoms with Gasteiger partial charge >= 0.3 is 0 Å². The maximum Gasteiger partial charge on any atom is 0.273 e. The Kier molecular flexibility index (Phi) is 4.00. The molecule has 0 aliphatic rings. The first-order chi connectivity index (χ1) is 12.3. The molecule has 4 rings (SSSR count). The van der Waals surface area contributed by atoms with Gasteiger partial charge in [-0.15, -0.1) is 5.10 Å². The van der Waals surface area contributed by atoms with Gasteiger partial charge in [0.15, 0.2) is 5.69 Å². The SMILES string of the molecule is O=C(NCCc1c[nH]c2ccccc12)c1cnn(-c2ccccc2)n1. The van der Waals surface area contributed by atoms with Crippen molar-refractivity contribution >= 4 is 16.8 Å². The number of benzene rings is 2. The zero-order valence-corrected chi connectivity index (χ0v) is 13.5. The number of nitrogens with one attached hydrogen (secondary N) is 2. The molecule has 6 nitrogen and oxygen atoms in total. The summed E-state index contributed by atoms with van der Waals surface area (Å²) in [6.07, 6.45) is 4.22. The van der Waals surface area contributed by atoms with Crippen molar-refractivity contribution in [3.63, 3.8) is 0 Å². The van der Waals surface area contributed by atoms with Crippen LogP contribution in [0.1, 0.15) is 16.1 Å². The number of aromatic amines is 1. The Morgan fingerprint density at radius 2 is 1.88 bits per heavy atom. The highest BCUT2D eigenvalue weighted by molar-refractivity contribution is 5.92. The van der Waals surface area contributed by atoms with E-state index >= 15 is 0 Å². The summed E-state index contributed by atoms with van der Waals surface area (Å²) < 4.78 is 0. The van der Waals surface area contributed by atoms with E-state index in [0.717, 1.165) is 17.6 Å². The van der Waals surface area contributed by atoms with E-state index in [0.29, 0.717) is 12.2 Å². The molecule has 0 unspecified atom stereocenters. The van der Waals surface area contributed by atoms with Crippen LogP contribution in [-0.4, -0.2) is 32.4 Å². The van der Waals surface area contributed by atoms with Crippen LogP contribution in [0, 0.1) is 0 Å². The summed E-state index contributed by atoms with van der Waals surface area (Å²) in [6, 6.07) is 17.6. The Morgan fingerprint density at radius 3 is 2.76 bits per heavy atom. The van der Waals surface area contributed by atoms with E-state index in [-0.39, 0.29) is 5.91 Å². The van der Waals surface area contributed by atoms with Crippen molar-refractivity contribution in [1.82, 2.24) is 25.3 Å². The van der Waals surface area contributed by atoms with Gasteiger partial charge in [0, 0.05) is 23.6 Å². The predicted molar refractivity (Wildman–Crippen MR) is 95.7 cm³/mol. The number of nitrogens with zero attached hydrogens (tertiary/aromatic N) is 3. The molecule has 25 heavy (non-hydrogen) atoms. The standard InChI is InChI=1S/C19H17N5O/c25-19(18-13-22-24(23-18)15-6-2-1-3-7-15)20-11-10-14-12-21-17-9-5-4-8-16(14)17/h1-9,12-13,21H,10-11H2,(H,20,25). The van der Waals surface area contributed by atoms with E-state index in [1.807, 2.05) is 54.7 Å². The van der Waals surface area contributed by atoms with E-state index in [9.17, 15) is 4.79 Å². The molecule has 4 aromatic rings. The van der Waals surface area contributed by atoms with E-state index in [2.05, 4.69) is 26.6 Å². The number of hydrogen-bond donors (Lipinski definition) is 2. The molecule has 124 valence electrons. The maximum atomic E-state index is 12.2. The molecule has 0 atom stereocenters. The Morgan fingerprint density at radius 1 is 1.08 bits per heavy atom. The molecule has 2 heterocycles. The fraction of sp³-hybridized carbons (Fsp3) is 0.105. The molecule has 0 saturated carbocycles. The third kappa shape index (κ3) is 3.14. The first-order valence-corrected chi connectivity index (χ1v) is 8.12. The van der Waals surface area contributed by atoms with Crippen molar-refractivity contribution in [3.8, 4) is 5.69 Å². The summed E-state index contributed by atoms with van der Waals surface area (Å²) in [5, 5.41) is 12.5.